The van der Waals surface area contributed by atoms with Crippen LogP contribution < -0.4 is 5.32 Å². The maximum Gasteiger partial charge on any atom is 0.305 e. The van der Waals surface area contributed by atoms with Crippen LogP contribution in [0.3, 0.4) is 0 Å². The van der Waals surface area contributed by atoms with Gasteiger partial charge in [0.05, 0.1) is 25.4 Å². The van der Waals surface area contributed by atoms with Crippen LogP contribution in [-0.2, 0) is 14.3 Å². The smallest absolute Gasteiger partial charge is 0.305 e. The Morgan fingerprint density at radius 3 is 1.03 bits per heavy atom. The molecule has 1 amide bonds. The molecular weight excluding hydrogens is 863 g/mol. The maximum atomic E-state index is 12.5. The number of hydrogen-bond acceptors (Lipinski definition) is 5. The van der Waals surface area contributed by atoms with Gasteiger partial charge in [0.1, 0.15) is 0 Å². The van der Waals surface area contributed by atoms with Crippen molar-refractivity contribution in [1.29, 1.82) is 0 Å². The highest BCUT2D eigenvalue weighted by Gasteiger charge is 2.18. The summed E-state index contributed by atoms with van der Waals surface area (Å²) in [4.78, 5) is 24.5. The minimum absolute atomic E-state index is 0.00162. The van der Waals surface area contributed by atoms with Gasteiger partial charge in [0.15, 0.2) is 0 Å². The number of allylic oxidation sites excluding steroid dienone is 5. The first kappa shape index (κ1) is 68.1. The van der Waals surface area contributed by atoms with E-state index in [1.165, 1.54) is 257 Å². The fourth-order valence-electron chi connectivity index (χ4n) is 9.57. The van der Waals surface area contributed by atoms with E-state index in [4.69, 9.17) is 4.74 Å². The minimum Gasteiger partial charge on any atom is -0.466 e. The normalized spacial score (nSPS) is 12.8. The largest absolute Gasteiger partial charge is 0.466 e. The lowest BCUT2D eigenvalue weighted by atomic mass is 10.0. The first-order valence-electron chi connectivity index (χ1n) is 31.3. The predicted octanol–water partition coefficient (Wildman–Crippen LogP) is 19.6. The highest BCUT2D eigenvalue weighted by Crippen LogP contribution is 2.17. The number of carbonyl (C=O) groups is 2. The van der Waals surface area contributed by atoms with Crippen molar-refractivity contribution < 1.29 is 24.5 Å². The van der Waals surface area contributed by atoms with Gasteiger partial charge in [0.25, 0.3) is 0 Å². The second kappa shape index (κ2) is 59.6. The van der Waals surface area contributed by atoms with Crippen LogP contribution in [0.4, 0.5) is 0 Å². The summed E-state index contributed by atoms with van der Waals surface area (Å²) in [6.07, 6.45) is 74.7. The van der Waals surface area contributed by atoms with E-state index in [9.17, 15) is 19.8 Å². The summed E-state index contributed by atoms with van der Waals surface area (Å²) in [6, 6.07) is -0.634. The van der Waals surface area contributed by atoms with Gasteiger partial charge in [0.2, 0.25) is 5.91 Å². The number of hydrogen-bond donors (Lipinski definition) is 3. The van der Waals surface area contributed by atoms with E-state index < -0.39 is 12.1 Å². The fraction of sp³-hybridized carbons (Fsp3) is 0.875. The second-order valence-corrected chi connectivity index (χ2v) is 21.4. The van der Waals surface area contributed by atoms with Gasteiger partial charge in [0, 0.05) is 12.8 Å². The topological polar surface area (TPSA) is 95.9 Å². The van der Waals surface area contributed by atoms with E-state index in [1.54, 1.807) is 6.08 Å². The molecule has 70 heavy (non-hydrogen) atoms. The van der Waals surface area contributed by atoms with Crippen LogP contribution in [0.5, 0.6) is 0 Å². The number of unbranched alkanes of at least 4 members (excludes halogenated alkanes) is 43. The van der Waals surface area contributed by atoms with Gasteiger partial charge >= 0.3 is 5.97 Å². The number of nitrogens with one attached hydrogen (secondary N) is 1. The molecule has 0 aliphatic rings. The Balaban J connectivity index is 3.46. The van der Waals surface area contributed by atoms with Crippen LogP contribution in [0.2, 0.25) is 0 Å². The number of ether oxygens (including phenoxy) is 1. The van der Waals surface area contributed by atoms with Crippen molar-refractivity contribution >= 4 is 11.9 Å². The molecular formula is C64H121NO5. The Bertz CT molecular complexity index is 1130. The van der Waals surface area contributed by atoms with Crippen LogP contribution in [0, 0.1) is 0 Å². The Kier molecular flexibility index (Phi) is 58.0. The van der Waals surface area contributed by atoms with Crippen molar-refractivity contribution in [3.8, 4) is 0 Å². The molecule has 3 N–H and O–H groups in total. The van der Waals surface area contributed by atoms with Gasteiger partial charge in [-0.2, -0.15) is 0 Å². The average Bonchev–Trinajstić information content (AvgIpc) is 3.36. The first-order chi connectivity index (χ1) is 34.5. The molecule has 412 valence electrons. The molecule has 0 saturated carbocycles. The van der Waals surface area contributed by atoms with Crippen molar-refractivity contribution in [2.75, 3.05) is 13.2 Å². The Hall–Kier alpha value is -1.92. The zero-order valence-electron chi connectivity index (χ0n) is 47.0. The molecule has 0 aliphatic heterocycles. The molecule has 0 radical (unpaired) electrons. The van der Waals surface area contributed by atoms with Crippen molar-refractivity contribution in [2.45, 2.75) is 347 Å². The molecule has 0 spiro atoms. The molecule has 0 aromatic carbocycles. The van der Waals surface area contributed by atoms with Crippen molar-refractivity contribution in [2.24, 2.45) is 0 Å². The molecule has 0 aromatic rings. The lowest BCUT2D eigenvalue weighted by Crippen LogP contribution is -2.45. The van der Waals surface area contributed by atoms with Crippen molar-refractivity contribution in [1.82, 2.24) is 5.32 Å². The van der Waals surface area contributed by atoms with E-state index in [0.717, 1.165) is 51.4 Å². The third-order valence-electron chi connectivity index (χ3n) is 14.4. The molecule has 2 unspecified atom stereocenters. The summed E-state index contributed by atoms with van der Waals surface area (Å²) in [6.45, 7) is 4.90. The molecule has 6 nitrogen and oxygen atoms in total. The molecule has 2 atom stereocenters. The van der Waals surface area contributed by atoms with E-state index in [-0.39, 0.29) is 18.5 Å². The molecule has 0 aliphatic carbocycles. The number of aliphatic hydroxyl groups excluding tert-OH is 2. The van der Waals surface area contributed by atoms with Crippen LogP contribution in [0.1, 0.15) is 335 Å². The fourth-order valence-corrected chi connectivity index (χ4v) is 9.57. The quantitative estimate of drug-likeness (QED) is 0.0321. The summed E-state index contributed by atoms with van der Waals surface area (Å²) in [5, 5.41) is 23.2. The zero-order valence-corrected chi connectivity index (χ0v) is 47.0. The highest BCUT2D eigenvalue weighted by molar-refractivity contribution is 5.76. The lowest BCUT2D eigenvalue weighted by molar-refractivity contribution is -0.143. The highest BCUT2D eigenvalue weighted by atomic mass is 16.5. The molecule has 0 rings (SSSR count). The van der Waals surface area contributed by atoms with E-state index in [0.29, 0.717) is 19.4 Å². The number of carbonyl (C=O) groups excluding carboxylic acids is 2. The number of esters is 1. The molecule has 0 heterocycles. The van der Waals surface area contributed by atoms with Gasteiger partial charge in [-0.05, 0) is 83.5 Å². The van der Waals surface area contributed by atoms with Gasteiger partial charge in [-0.1, -0.05) is 275 Å². The van der Waals surface area contributed by atoms with E-state index >= 15 is 0 Å². The average molecular weight is 985 g/mol. The minimum atomic E-state index is -0.850. The third kappa shape index (κ3) is 55.4. The SMILES string of the molecule is CCCCCC/C=C\CCCCCCCC(=O)OCCCCCCCCCCCC/C=C\CCCCCCCCCC(=O)NC(CO)C(O)/C=C/CCCCCCCCCCCCCCCCCCC. The summed E-state index contributed by atoms with van der Waals surface area (Å²) < 4.78 is 5.47. The number of aliphatic hydroxyl groups is 2. The monoisotopic (exact) mass is 984 g/mol. The lowest BCUT2D eigenvalue weighted by Gasteiger charge is -2.20. The van der Waals surface area contributed by atoms with Crippen LogP contribution in [0.25, 0.3) is 0 Å². The molecule has 0 bridgehead atoms. The van der Waals surface area contributed by atoms with E-state index in [1.807, 2.05) is 6.08 Å². The van der Waals surface area contributed by atoms with Gasteiger partial charge < -0.3 is 20.3 Å². The Labute approximate surface area is 436 Å². The second-order valence-electron chi connectivity index (χ2n) is 21.4. The predicted molar refractivity (Wildman–Crippen MR) is 306 cm³/mol. The molecule has 0 saturated heterocycles. The van der Waals surface area contributed by atoms with Gasteiger partial charge in [-0.25, -0.2) is 0 Å². The summed E-state index contributed by atoms with van der Waals surface area (Å²) in [5.74, 6) is -0.0754. The maximum absolute atomic E-state index is 12.5. The van der Waals surface area contributed by atoms with Gasteiger partial charge in [-0.3, -0.25) is 9.59 Å². The summed E-state index contributed by atoms with van der Waals surface area (Å²) >= 11 is 0. The first-order valence-corrected chi connectivity index (χ1v) is 31.3. The molecule has 0 fully saturated rings. The van der Waals surface area contributed by atoms with Gasteiger partial charge in [-0.15, -0.1) is 0 Å². The third-order valence-corrected chi connectivity index (χ3v) is 14.4. The number of amides is 1. The molecule has 6 heteroatoms. The van der Waals surface area contributed by atoms with Crippen molar-refractivity contribution in [3.63, 3.8) is 0 Å². The van der Waals surface area contributed by atoms with Crippen LogP contribution in [0.15, 0.2) is 36.5 Å². The number of rotatable bonds is 58. The van der Waals surface area contributed by atoms with E-state index in [2.05, 4.69) is 43.5 Å². The molecule has 0 aromatic heterocycles. The standard InChI is InChI=1S/C64H121NO5/c1-3-5-7-9-11-13-15-17-18-19-23-26-29-33-36-40-44-48-52-56-62(67)61(60-66)65-63(68)57-53-49-45-41-37-34-30-27-24-21-20-22-25-28-31-35-39-43-47-51-55-59-70-64(69)58-54-50-46-42-38-32-16-14-12-10-8-6-4-2/h14,16,21,24,52,56,61-62,66-67H,3-13,15,17-20,22-23,25-51,53-55,57-60H2,1-2H3,(H,65,68)/b16-14-,24-21-,56-52+. The van der Waals surface area contributed by atoms with Crippen LogP contribution >= 0.6 is 0 Å². The van der Waals surface area contributed by atoms with Crippen molar-refractivity contribution in [3.05, 3.63) is 36.5 Å². The zero-order chi connectivity index (χ0) is 50.7. The Morgan fingerprint density at radius 2 is 0.671 bits per heavy atom. The summed E-state index contributed by atoms with van der Waals surface area (Å²) in [7, 11) is 0. The summed E-state index contributed by atoms with van der Waals surface area (Å²) in [5.41, 5.74) is 0. The Morgan fingerprint density at radius 1 is 0.386 bits per heavy atom. The van der Waals surface area contributed by atoms with Crippen LogP contribution in [-0.4, -0.2) is 47.4 Å².